The van der Waals surface area contributed by atoms with Gasteiger partial charge in [0.2, 0.25) is 0 Å². The van der Waals surface area contributed by atoms with Gasteiger partial charge in [-0.05, 0) is 36.8 Å². The van der Waals surface area contributed by atoms with Crippen LogP contribution in [0.4, 0.5) is 0 Å². The van der Waals surface area contributed by atoms with Crippen molar-refractivity contribution in [3.05, 3.63) is 30.3 Å². The molecule has 0 spiro atoms. The van der Waals surface area contributed by atoms with Crippen LogP contribution < -0.4 is 10.1 Å². The first-order chi connectivity index (χ1) is 10.2. The summed E-state index contributed by atoms with van der Waals surface area (Å²) in [4.78, 5) is 2.65. The third kappa shape index (κ3) is 3.98. The van der Waals surface area contributed by atoms with Gasteiger partial charge in [0.1, 0.15) is 12.4 Å². The molecule has 1 aromatic carbocycles. The van der Waals surface area contributed by atoms with Gasteiger partial charge in [0.15, 0.2) is 0 Å². The molecule has 116 valence electrons. The summed E-state index contributed by atoms with van der Waals surface area (Å²) >= 11 is 0. The molecule has 1 aliphatic carbocycles. The second-order valence-corrected chi connectivity index (χ2v) is 6.82. The Morgan fingerprint density at radius 3 is 2.67 bits per heavy atom. The number of ether oxygens (including phenoxy) is 1. The van der Waals surface area contributed by atoms with Crippen LogP contribution in [0.5, 0.6) is 5.75 Å². The van der Waals surface area contributed by atoms with Gasteiger partial charge in [-0.1, -0.05) is 32.0 Å². The van der Waals surface area contributed by atoms with E-state index in [1.807, 2.05) is 30.3 Å². The monoisotopic (exact) mass is 288 g/mol. The van der Waals surface area contributed by atoms with E-state index in [0.29, 0.717) is 18.0 Å². The lowest BCUT2D eigenvalue weighted by atomic mass is 9.97. The lowest BCUT2D eigenvalue weighted by Gasteiger charge is -2.42. The Labute approximate surface area is 128 Å². The molecule has 3 heteroatoms. The summed E-state index contributed by atoms with van der Waals surface area (Å²) in [5, 5.41) is 3.77. The maximum Gasteiger partial charge on any atom is 0.119 e. The Balaban J connectivity index is 1.52. The molecule has 21 heavy (non-hydrogen) atoms. The Hall–Kier alpha value is -1.06. The Morgan fingerprint density at radius 2 is 2.00 bits per heavy atom. The van der Waals surface area contributed by atoms with Crippen LogP contribution in [0.15, 0.2) is 30.3 Å². The number of hydrogen-bond acceptors (Lipinski definition) is 3. The van der Waals surface area contributed by atoms with Gasteiger partial charge in [-0.3, -0.25) is 4.90 Å². The van der Waals surface area contributed by atoms with Crippen molar-refractivity contribution in [1.29, 1.82) is 0 Å². The predicted octanol–water partition coefficient (Wildman–Crippen LogP) is 2.77. The van der Waals surface area contributed by atoms with Crippen molar-refractivity contribution >= 4 is 0 Å². The van der Waals surface area contributed by atoms with Crippen LogP contribution in [-0.2, 0) is 0 Å². The number of nitrogens with zero attached hydrogens (tertiary/aromatic N) is 1. The third-order valence-corrected chi connectivity index (χ3v) is 4.84. The van der Waals surface area contributed by atoms with Crippen molar-refractivity contribution in [1.82, 2.24) is 10.2 Å². The molecule has 0 bridgehead atoms. The average molecular weight is 288 g/mol. The van der Waals surface area contributed by atoms with Crippen molar-refractivity contribution < 1.29 is 4.74 Å². The molecule has 0 radical (unpaired) electrons. The van der Waals surface area contributed by atoms with E-state index in [4.69, 9.17) is 4.74 Å². The molecule has 3 rings (SSSR count). The Bertz CT molecular complexity index is 430. The minimum absolute atomic E-state index is 0.638. The number of para-hydroxylation sites is 1. The van der Waals surface area contributed by atoms with E-state index in [2.05, 4.69) is 24.1 Å². The van der Waals surface area contributed by atoms with E-state index >= 15 is 0 Å². The molecule has 2 fully saturated rings. The molecule has 2 unspecified atom stereocenters. The summed E-state index contributed by atoms with van der Waals surface area (Å²) < 4.78 is 5.89. The average Bonchev–Trinajstić information content (AvgIpc) is 3.33. The SMILES string of the molecule is CC(C)C1CNC(C2CC2)CN1CCOc1ccccc1. The fourth-order valence-electron chi connectivity index (χ4n) is 3.38. The van der Waals surface area contributed by atoms with Gasteiger partial charge < -0.3 is 10.1 Å². The zero-order valence-corrected chi connectivity index (χ0v) is 13.3. The van der Waals surface area contributed by atoms with E-state index in [1.54, 1.807) is 0 Å². The molecular weight excluding hydrogens is 260 g/mol. The van der Waals surface area contributed by atoms with E-state index in [-0.39, 0.29) is 0 Å². The number of hydrogen-bond donors (Lipinski definition) is 1. The molecule has 0 aromatic heterocycles. The predicted molar refractivity (Wildman–Crippen MR) is 86.7 cm³/mol. The van der Waals surface area contributed by atoms with Crippen LogP contribution in [0.25, 0.3) is 0 Å². The second-order valence-electron chi connectivity index (χ2n) is 6.82. The highest BCUT2D eigenvalue weighted by molar-refractivity contribution is 5.20. The van der Waals surface area contributed by atoms with E-state index in [0.717, 1.165) is 31.4 Å². The van der Waals surface area contributed by atoms with Gasteiger partial charge in [-0.25, -0.2) is 0 Å². The van der Waals surface area contributed by atoms with Gasteiger partial charge >= 0.3 is 0 Å². The minimum atomic E-state index is 0.638. The van der Waals surface area contributed by atoms with Gasteiger partial charge in [0, 0.05) is 31.7 Å². The van der Waals surface area contributed by atoms with E-state index in [1.165, 1.54) is 19.4 Å². The van der Waals surface area contributed by atoms with Gasteiger partial charge in [0.25, 0.3) is 0 Å². The van der Waals surface area contributed by atoms with Crippen LogP contribution in [0.1, 0.15) is 26.7 Å². The van der Waals surface area contributed by atoms with Crippen molar-refractivity contribution in [2.45, 2.75) is 38.8 Å². The summed E-state index contributed by atoms with van der Waals surface area (Å²) in [5.41, 5.74) is 0. The van der Waals surface area contributed by atoms with Crippen molar-refractivity contribution in [2.75, 3.05) is 26.2 Å². The van der Waals surface area contributed by atoms with Gasteiger partial charge in [-0.15, -0.1) is 0 Å². The van der Waals surface area contributed by atoms with Crippen LogP contribution >= 0.6 is 0 Å². The first-order valence-electron chi connectivity index (χ1n) is 8.39. The quantitative estimate of drug-likeness (QED) is 0.871. The molecule has 1 saturated carbocycles. The first kappa shape index (κ1) is 14.9. The summed E-state index contributed by atoms with van der Waals surface area (Å²) in [6.45, 7) is 8.78. The van der Waals surface area contributed by atoms with E-state index < -0.39 is 0 Å². The molecule has 3 nitrogen and oxygen atoms in total. The second kappa shape index (κ2) is 6.80. The molecule has 1 N–H and O–H groups in total. The maximum atomic E-state index is 5.89. The minimum Gasteiger partial charge on any atom is -0.492 e. The molecule has 0 amide bonds. The maximum absolute atomic E-state index is 5.89. The topological polar surface area (TPSA) is 24.5 Å². The van der Waals surface area contributed by atoms with Crippen molar-refractivity contribution in [3.8, 4) is 5.75 Å². The molecule has 2 aliphatic rings. The zero-order chi connectivity index (χ0) is 14.7. The van der Waals surface area contributed by atoms with Crippen molar-refractivity contribution in [3.63, 3.8) is 0 Å². The van der Waals surface area contributed by atoms with Crippen LogP contribution in [0.2, 0.25) is 0 Å². The Morgan fingerprint density at radius 1 is 1.24 bits per heavy atom. The fourth-order valence-corrected chi connectivity index (χ4v) is 3.38. The van der Waals surface area contributed by atoms with Crippen LogP contribution in [-0.4, -0.2) is 43.2 Å². The van der Waals surface area contributed by atoms with Crippen molar-refractivity contribution in [2.24, 2.45) is 11.8 Å². The molecule has 1 aliphatic heterocycles. The standard InChI is InChI=1S/C18H28N2O/c1-14(2)18-12-19-17(15-8-9-15)13-20(18)10-11-21-16-6-4-3-5-7-16/h3-7,14-15,17-19H,8-13H2,1-2H3. The molecule has 2 atom stereocenters. The number of rotatable bonds is 6. The zero-order valence-electron chi connectivity index (χ0n) is 13.3. The Kier molecular flexibility index (Phi) is 4.81. The lowest BCUT2D eigenvalue weighted by molar-refractivity contribution is 0.0774. The fraction of sp³-hybridized carbons (Fsp3) is 0.667. The van der Waals surface area contributed by atoms with Gasteiger partial charge in [0.05, 0.1) is 0 Å². The highest BCUT2D eigenvalue weighted by atomic mass is 16.5. The summed E-state index contributed by atoms with van der Waals surface area (Å²) in [5.74, 6) is 2.59. The number of piperazine rings is 1. The highest BCUT2D eigenvalue weighted by Crippen LogP contribution is 2.34. The van der Waals surface area contributed by atoms with E-state index in [9.17, 15) is 0 Å². The summed E-state index contributed by atoms with van der Waals surface area (Å²) in [7, 11) is 0. The van der Waals surface area contributed by atoms with Gasteiger partial charge in [-0.2, -0.15) is 0 Å². The molecule has 1 saturated heterocycles. The molecule has 1 aromatic rings. The highest BCUT2D eigenvalue weighted by Gasteiger charge is 2.37. The molecular formula is C18H28N2O. The smallest absolute Gasteiger partial charge is 0.119 e. The van der Waals surface area contributed by atoms with Crippen LogP contribution in [0.3, 0.4) is 0 Å². The first-order valence-corrected chi connectivity index (χ1v) is 8.39. The third-order valence-electron chi connectivity index (χ3n) is 4.84. The lowest BCUT2D eigenvalue weighted by Crippen LogP contribution is -2.59. The summed E-state index contributed by atoms with van der Waals surface area (Å²) in [6, 6.07) is 11.5. The van der Waals surface area contributed by atoms with Crippen LogP contribution in [0, 0.1) is 11.8 Å². The number of nitrogens with one attached hydrogen (secondary N) is 1. The normalized spacial score (nSPS) is 27.0. The number of benzene rings is 1. The largest absolute Gasteiger partial charge is 0.492 e. The molecule has 1 heterocycles. The summed E-state index contributed by atoms with van der Waals surface area (Å²) in [6.07, 6.45) is 2.83.